The molecule has 2 aliphatic rings. The summed E-state index contributed by atoms with van der Waals surface area (Å²) in [5.74, 6) is 1.76. The van der Waals surface area contributed by atoms with Crippen molar-refractivity contribution in [2.45, 2.75) is 11.8 Å². The molecular formula is C21H27FN10O2S. The van der Waals surface area contributed by atoms with Gasteiger partial charge in [0.2, 0.25) is 15.8 Å². The van der Waals surface area contributed by atoms with Gasteiger partial charge in [-0.3, -0.25) is 0 Å². The number of nitrogens with one attached hydrogen (secondary N) is 1. The Labute approximate surface area is 202 Å². The molecule has 35 heavy (non-hydrogen) atoms. The zero-order valence-electron chi connectivity index (χ0n) is 19.6. The first-order chi connectivity index (χ1) is 16.8. The standard InChI is InChI=1S/C21H27FN10O2S/c1-15-23-19(30-7-5-29(2)6-8-30)14-20(24-15)31-9-11-32(12-10-31)35(33,34)16-3-4-18(22)17(13-16)21-25-27-28-26-21/h3-4,13-14H,5-12H2,1-2H3,(H,25,26,27,28). The van der Waals surface area contributed by atoms with Crippen molar-refractivity contribution < 1.29 is 12.8 Å². The normalized spacial score (nSPS) is 18.3. The van der Waals surface area contributed by atoms with Gasteiger partial charge in [-0.1, -0.05) is 0 Å². The maximum absolute atomic E-state index is 14.3. The SMILES string of the molecule is Cc1nc(N2CCN(C)CC2)cc(N2CCN(S(=O)(=O)c3ccc(F)c(-c4nn[nH]n4)c3)CC2)n1. The molecule has 2 fully saturated rings. The van der Waals surface area contributed by atoms with Gasteiger partial charge < -0.3 is 14.7 Å². The Morgan fingerprint density at radius 2 is 1.54 bits per heavy atom. The minimum Gasteiger partial charge on any atom is -0.354 e. The quantitative estimate of drug-likeness (QED) is 0.523. The zero-order chi connectivity index (χ0) is 24.6. The van der Waals surface area contributed by atoms with Gasteiger partial charge >= 0.3 is 0 Å². The second-order valence-electron chi connectivity index (χ2n) is 8.69. The Kier molecular flexibility index (Phi) is 6.34. The van der Waals surface area contributed by atoms with Gasteiger partial charge in [0.25, 0.3) is 0 Å². The molecule has 0 saturated carbocycles. The Hall–Kier alpha value is -3.23. The third kappa shape index (κ3) is 4.81. The number of hydrogen-bond acceptors (Lipinski definition) is 10. The van der Waals surface area contributed by atoms with Crippen LogP contribution in [0.5, 0.6) is 0 Å². The van der Waals surface area contributed by atoms with E-state index >= 15 is 0 Å². The fourth-order valence-corrected chi connectivity index (χ4v) is 5.76. The summed E-state index contributed by atoms with van der Waals surface area (Å²) in [5, 5.41) is 13.2. The summed E-state index contributed by atoms with van der Waals surface area (Å²) in [6.07, 6.45) is 0. The van der Waals surface area contributed by atoms with Crippen molar-refractivity contribution in [3.05, 3.63) is 35.9 Å². The number of sulfonamides is 1. The minimum atomic E-state index is -3.83. The average Bonchev–Trinajstić information content (AvgIpc) is 3.39. The Morgan fingerprint density at radius 3 is 2.14 bits per heavy atom. The van der Waals surface area contributed by atoms with E-state index in [1.165, 1.54) is 16.4 Å². The topological polar surface area (TPSA) is 127 Å². The number of halogens is 1. The first kappa shape index (κ1) is 23.5. The van der Waals surface area contributed by atoms with Gasteiger partial charge in [-0.2, -0.15) is 9.52 Å². The Morgan fingerprint density at radius 1 is 0.914 bits per heavy atom. The molecule has 14 heteroatoms. The number of anilines is 2. The van der Waals surface area contributed by atoms with E-state index in [1.807, 2.05) is 13.0 Å². The van der Waals surface area contributed by atoms with Crippen LogP contribution in [0.15, 0.2) is 29.2 Å². The van der Waals surface area contributed by atoms with E-state index in [1.54, 1.807) is 0 Å². The molecule has 186 valence electrons. The summed E-state index contributed by atoms with van der Waals surface area (Å²) in [7, 11) is -1.72. The van der Waals surface area contributed by atoms with Gasteiger partial charge in [-0.25, -0.2) is 22.8 Å². The largest absolute Gasteiger partial charge is 0.354 e. The van der Waals surface area contributed by atoms with Crippen LogP contribution in [0.4, 0.5) is 16.0 Å². The van der Waals surface area contributed by atoms with Gasteiger partial charge in [-0.15, -0.1) is 10.2 Å². The van der Waals surface area contributed by atoms with E-state index in [2.05, 4.69) is 52.3 Å². The van der Waals surface area contributed by atoms with Crippen LogP contribution < -0.4 is 9.80 Å². The number of aromatic nitrogens is 6. The van der Waals surface area contributed by atoms with Crippen molar-refractivity contribution in [3.63, 3.8) is 0 Å². The summed E-state index contributed by atoms with van der Waals surface area (Å²) in [5.41, 5.74) is -0.0219. The molecule has 0 spiro atoms. The molecular weight excluding hydrogens is 475 g/mol. The third-order valence-electron chi connectivity index (χ3n) is 6.36. The first-order valence-electron chi connectivity index (χ1n) is 11.4. The number of nitrogens with zero attached hydrogens (tertiary/aromatic N) is 9. The molecule has 0 unspecified atom stereocenters. The third-order valence-corrected chi connectivity index (χ3v) is 8.26. The molecule has 1 N–H and O–H groups in total. The van der Waals surface area contributed by atoms with Crippen molar-refractivity contribution in [2.24, 2.45) is 0 Å². The van der Waals surface area contributed by atoms with Gasteiger partial charge in [0.1, 0.15) is 23.3 Å². The highest BCUT2D eigenvalue weighted by Crippen LogP contribution is 2.27. The lowest BCUT2D eigenvalue weighted by atomic mass is 10.2. The van der Waals surface area contributed by atoms with Crippen LogP contribution in [0.25, 0.3) is 11.4 Å². The molecule has 0 atom stereocenters. The number of aryl methyl sites for hydroxylation is 1. The number of rotatable bonds is 5. The highest BCUT2D eigenvalue weighted by molar-refractivity contribution is 7.89. The molecule has 0 aliphatic carbocycles. The van der Waals surface area contributed by atoms with Crippen LogP contribution >= 0.6 is 0 Å². The molecule has 2 aliphatic heterocycles. The molecule has 0 bridgehead atoms. The van der Waals surface area contributed by atoms with Crippen LogP contribution in [0.1, 0.15) is 5.82 Å². The lowest BCUT2D eigenvalue weighted by molar-refractivity contribution is 0.312. The molecule has 1 aromatic carbocycles. The lowest BCUT2D eigenvalue weighted by Gasteiger charge is -2.36. The van der Waals surface area contributed by atoms with Crippen LogP contribution in [0, 0.1) is 12.7 Å². The summed E-state index contributed by atoms with van der Waals surface area (Å²) in [6.45, 7) is 7.17. The number of piperazine rings is 2. The highest BCUT2D eigenvalue weighted by Gasteiger charge is 2.30. The van der Waals surface area contributed by atoms with Crippen molar-refractivity contribution in [2.75, 3.05) is 69.2 Å². The summed E-state index contributed by atoms with van der Waals surface area (Å²) in [4.78, 5) is 15.8. The van der Waals surface area contributed by atoms with E-state index in [0.717, 1.165) is 43.9 Å². The number of likely N-dealkylation sites (N-methyl/N-ethyl adjacent to an activating group) is 1. The summed E-state index contributed by atoms with van der Waals surface area (Å²) >= 11 is 0. The van der Waals surface area contributed by atoms with E-state index in [9.17, 15) is 12.8 Å². The van der Waals surface area contributed by atoms with Crippen LogP contribution in [0.3, 0.4) is 0 Å². The van der Waals surface area contributed by atoms with Gasteiger partial charge in [0, 0.05) is 58.4 Å². The van der Waals surface area contributed by atoms with Gasteiger partial charge in [0.15, 0.2) is 0 Å². The van der Waals surface area contributed by atoms with Crippen molar-refractivity contribution in [1.82, 2.24) is 39.8 Å². The monoisotopic (exact) mass is 502 g/mol. The van der Waals surface area contributed by atoms with Crippen LogP contribution in [-0.2, 0) is 10.0 Å². The molecule has 3 aromatic rings. The average molecular weight is 503 g/mol. The number of hydrogen-bond donors (Lipinski definition) is 1. The molecule has 0 amide bonds. The van der Waals surface area contributed by atoms with E-state index in [-0.39, 0.29) is 29.4 Å². The maximum atomic E-state index is 14.3. The fourth-order valence-electron chi connectivity index (χ4n) is 4.31. The molecule has 2 saturated heterocycles. The number of H-pyrrole nitrogens is 1. The smallest absolute Gasteiger partial charge is 0.243 e. The molecule has 2 aromatic heterocycles. The molecule has 0 radical (unpaired) electrons. The number of aromatic amines is 1. The van der Waals surface area contributed by atoms with Crippen molar-refractivity contribution >= 4 is 21.7 Å². The molecule has 5 rings (SSSR count). The highest BCUT2D eigenvalue weighted by atomic mass is 32.2. The summed E-state index contributed by atoms with van der Waals surface area (Å²) in [6, 6.07) is 5.60. The van der Waals surface area contributed by atoms with E-state index < -0.39 is 15.8 Å². The lowest BCUT2D eigenvalue weighted by Crippen LogP contribution is -2.49. The van der Waals surface area contributed by atoms with Crippen LogP contribution in [0.2, 0.25) is 0 Å². The first-order valence-corrected chi connectivity index (χ1v) is 12.8. The second kappa shape index (κ2) is 9.43. The molecule has 12 nitrogen and oxygen atoms in total. The maximum Gasteiger partial charge on any atom is 0.243 e. The fraction of sp³-hybridized carbons (Fsp3) is 0.476. The predicted molar refractivity (Wildman–Crippen MR) is 127 cm³/mol. The summed E-state index contributed by atoms with van der Waals surface area (Å²) < 4.78 is 42.3. The predicted octanol–water partition coefficient (Wildman–Crippen LogP) is 0.367. The van der Waals surface area contributed by atoms with Crippen molar-refractivity contribution in [3.8, 4) is 11.4 Å². The number of tetrazole rings is 1. The molecule has 4 heterocycles. The zero-order valence-corrected chi connectivity index (χ0v) is 20.4. The Balaban J connectivity index is 1.30. The Bertz CT molecular complexity index is 1290. The van der Waals surface area contributed by atoms with Gasteiger partial charge in [0.05, 0.1) is 10.5 Å². The second-order valence-corrected chi connectivity index (χ2v) is 10.6. The van der Waals surface area contributed by atoms with Gasteiger partial charge in [-0.05, 0) is 37.4 Å². The number of benzene rings is 1. The van der Waals surface area contributed by atoms with Crippen LogP contribution in [-0.4, -0.2) is 108 Å². The minimum absolute atomic E-state index is 0.000319. The van der Waals surface area contributed by atoms with Crippen molar-refractivity contribution in [1.29, 1.82) is 0 Å². The van der Waals surface area contributed by atoms with E-state index in [4.69, 9.17) is 0 Å². The van der Waals surface area contributed by atoms with E-state index in [0.29, 0.717) is 18.9 Å².